The van der Waals surface area contributed by atoms with E-state index in [4.69, 9.17) is 9.52 Å². The molecule has 1 aromatic carbocycles. The van der Waals surface area contributed by atoms with Gasteiger partial charge < -0.3 is 14.8 Å². The summed E-state index contributed by atoms with van der Waals surface area (Å²) in [4.78, 5) is 22.6. The number of aryl methyl sites for hydroxylation is 2. The Bertz CT molecular complexity index is 745. The van der Waals surface area contributed by atoms with Gasteiger partial charge in [-0.2, -0.15) is 0 Å². The van der Waals surface area contributed by atoms with Crippen LogP contribution in [0.2, 0.25) is 0 Å². The van der Waals surface area contributed by atoms with Crippen LogP contribution < -0.4 is 5.32 Å². The Kier molecular flexibility index (Phi) is 5.33. The molecule has 0 aliphatic heterocycles. The number of anilines is 1. The highest BCUT2D eigenvalue weighted by atomic mass is 32.2. The molecule has 0 aliphatic rings. The zero-order valence-corrected chi connectivity index (χ0v) is 13.6. The minimum atomic E-state index is -1.48. The minimum absolute atomic E-state index is 0.00640. The van der Waals surface area contributed by atoms with Crippen molar-refractivity contribution in [2.75, 3.05) is 11.1 Å². The molecule has 0 saturated heterocycles. The number of carboxylic acids is 1. The van der Waals surface area contributed by atoms with Gasteiger partial charge in [0.2, 0.25) is 11.7 Å². The van der Waals surface area contributed by atoms with Crippen LogP contribution in [0, 0.1) is 13.8 Å². The molecule has 1 aromatic heterocycles. The van der Waals surface area contributed by atoms with E-state index in [9.17, 15) is 13.8 Å². The van der Waals surface area contributed by atoms with E-state index in [2.05, 4.69) is 5.32 Å². The first-order valence-corrected chi connectivity index (χ1v) is 8.37. The third-order valence-corrected chi connectivity index (χ3v) is 4.16. The smallest absolute Gasteiger partial charge is 0.371 e. The number of amides is 1. The average molecular weight is 335 g/mol. The van der Waals surface area contributed by atoms with Crippen LogP contribution in [-0.2, 0) is 21.3 Å². The first-order valence-electron chi connectivity index (χ1n) is 6.88. The van der Waals surface area contributed by atoms with Crippen molar-refractivity contribution in [2.24, 2.45) is 0 Å². The van der Waals surface area contributed by atoms with Gasteiger partial charge in [-0.05, 0) is 49.2 Å². The molecule has 122 valence electrons. The molecule has 0 bridgehead atoms. The number of rotatable bonds is 6. The Morgan fingerprint density at radius 2 is 1.83 bits per heavy atom. The number of hydrogen-bond acceptors (Lipinski definition) is 4. The van der Waals surface area contributed by atoms with Gasteiger partial charge in [0.05, 0.1) is 5.75 Å². The summed E-state index contributed by atoms with van der Waals surface area (Å²) in [6, 6.07) is 8.40. The molecule has 6 nitrogen and oxygen atoms in total. The average Bonchev–Trinajstić information content (AvgIpc) is 2.85. The summed E-state index contributed by atoms with van der Waals surface area (Å²) in [6.45, 7) is 3.86. The quantitative estimate of drug-likeness (QED) is 0.845. The fourth-order valence-electron chi connectivity index (χ4n) is 2.17. The lowest BCUT2D eigenvalue weighted by molar-refractivity contribution is -0.113. The van der Waals surface area contributed by atoms with E-state index in [1.54, 1.807) is 0 Å². The van der Waals surface area contributed by atoms with Crippen LogP contribution in [-0.4, -0.2) is 26.9 Å². The molecule has 0 fully saturated rings. The summed E-state index contributed by atoms with van der Waals surface area (Å²) in [5.74, 6) is -1.67. The highest BCUT2D eigenvalue weighted by Gasteiger charge is 2.14. The van der Waals surface area contributed by atoms with Gasteiger partial charge in [-0.25, -0.2) is 4.79 Å². The molecule has 2 aromatic rings. The molecule has 0 spiro atoms. The van der Waals surface area contributed by atoms with Gasteiger partial charge in [0.1, 0.15) is 11.5 Å². The van der Waals surface area contributed by atoms with Crippen molar-refractivity contribution in [3.8, 4) is 0 Å². The lowest BCUT2D eigenvalue weighted by atomic mass is 10.1. The number of hydrogen-bond donors (Lipinski definition) is 2. The maximum atomic E-state index is 12.0. The number of benzene rings is 1. The molecule has 0 radical (unpaired) electrons. The van der Waals surface area contributed by atoms with Gasteiger partial charge in [-0.3, -0.25) is 9.00 Å². The minimum Gasteiger partial charge on any atom is -0.475 e. The van der Waals surface area contributed by atoms with Crippen LogP contribution in [0.3, 0.4) is 0 Å². The third-order valence-electron chi connectivity index (χ3n) is 2.97. The van der Waals surface area contributed by atoms with Crippen LogP contribution in [0.1, 0.15) is 27.4 Å². The second kappa shape index (κ2) is 7.23. The molecule has 1 heterocycles. The summed E-state index contributed by atoms with van der Waals surface area (Å²) >= 11 is 0. The van der Waals surface area contributed by atoms with Crippen LogP contribution in [0.15, 0.2) is 34.7 Å². The predicted molar refractivity (Wildman–Crippen MR) is 86.9 cm³/mol. The molecule has 0 aliphatic carbocycles. The standard InChI is InChI=1S/C16H17NO5S/c1-10-5-11(2)7-12(6-10)17-15(18)9-23(21)8-13-3-4-14(22-13)16(19)20/h3-7H,8-9H2,1-2H3,(H,17,18)(H,19,20). The third kappa shape index (κ3) is 5.07. The van der Waals surface area contributed by atoms with Crippen molar-refractivity contribution < 1.29 is 23.3 Å². The molecule has 2 rings (SSSR count). The number of carbonyl (C=O) groups excluding carboxylic acids is 1. The Labute approximate surface area is 136 Å². The first-order chi connectivity index (χ1) is 10.8. The molecule has 1 amide bonds. The van der Waals surface area contributed by atoms with Crippen LogP contribution in [0.4, 0.5) is 5.69 Å². The molecule has 2 N–H and O–H groups in total. The van der Waals surface area contributed by atoms with Gasteiger partial charge in [-0.15, -0.1) is 0 Å². The second-order valence-corrected chi connectivity index (χ2v) is 6.68. The normalized spacial score (nSPS) is 11.9. The molecule has 1 atom stereocenters. The van der Waals surface area contributed by atoms with Crippen LogP contribution in [0.5, 0.6) is 0 Å². The number of carboxylic acid groups (broad SMARTS) is 1. The summed E-state index contributed by atoms with van der Waals surface area (Å²) in [5, 5.41) is 11.5. The van der Waals surface area contributed by atoms with Gasteiger partial charge in [-0.1, -0.05) is 6.07 Å². The fourth-order valence-corrected chi connectivity index (χ4v) is 3.11. The van der Waals surface area contributed by atoms with E-state index < -0.39 is 16.8 Å². The lowest BCUT2D eigenvalue weighted by Crippen LogP contribution is -2.20. The summed E-state index contributed by atoms with van der Waals surface area (Å²) in [6.07, 6.45) is 0. The molecule has 1 unspecified atom stereocenters. The van der Waals surface area contributed by atoms with E-state index >= 15 is 0 Å². The zero-order chi connectivity index (χ0) is 17.0. The van der Waals surface area contributed by atoms with Crippen LogP contribution in [0.25, 0.3) is 0 Å². The van der Waals surface area contributed by atoms with Crippen molar-refractivity contribution in [3.63, 3.8) is 0 Å². The lowest BCUT2D eigenvalue weighted by Gasteiger charge is -2.07. The van der Waals surface area contributed by atoms with Crippen molar-refractivity contribution in [2.45, 2.75) is 19.6 Å². The van der Waals surface area contributed by atoms with E-state index in [-0.39, 0.29) is 28.9 Å². The number of carbonyl (C=O) groups is 2. The highest BCUT2D eigenvalue weighted by Crippen LogP contribution is 2.14. The summed E-state index contributed by atoms with van der Waals surface area (Å²) < 4.78 is 17.0. The van der Waals surface area contributed by atoms with Crippen molar-refractivity contribution in [3.05, 3.63) is 53.0 Å². The van der Waals surface area contributed by atoms with Gasteiger partial charge in [0, 0.05) is 16.5 Å². The number of aromatic carboxylic acids is 1. The monoisotopic (exact) mass is 335 g/mol. The van der Waals surface area contributed by atoms with E-state index in [0.717, 1.165) is 11.1 Å². The molecule has 23 heavy (non-hydrogen) atoms. The van der Waals surface area contributed by atoms with E-state index in [1.807, 2.05) is 32.0 Å². The Morgan fingerprint density at radius 3 is 2.39 bits per heavy atom. The molecule has 7 heteroatoms. The Morgan fingerprint density at radius 1 is 1.17 bits per heavy atom. The summed E-state index contributed by atoms with van der Waals surface area (Å²) in [5.41, 5.74) is 2.71. The van der Waals surface area contributed by atoms with Crippen molar-refractivity contribution in [1.82, 2.24) is 0 Å². The highest BCUT2D eigenvalue weighted by molar-refractivity contribution is 7.84. The molecular formula is C16H17NO5S. The first kappa shape index (κ1) is 17.0. The van der Waals surface area contributed by atoms with E-state index in [0.29, 0.717) is 5.69 Å². The predicted octanol–water partition coefficient (Wildman–Crippen LogP) is 2.48. The maximum absolute atomic E-state index is 12.0. The zero-order valence-electron chi connectivity index (χ0n) is 12.8. The molecule has 0 saturated carbocycles. The number of nitrogens with one attached hydrogen (secondary N) is 1. The Balaban J connectivity index is 1.91. The van der Waals surface area contributed by atoms with Crippen LogP contribution >= 0.6 is 0 Å². The van der Waals surface area contributed by atoms with Crippen molar-refractivity contribution >= 4 is 28.4 Å². The van der Waals surface area contributed by atoms with Gasteiger partial charge >= 0.3 is 5.97 Å². The van der Waals surface area contributed by atoms with Crippen molar-refractivity contribution in [1.29, 1.82) is 0 Å². The maximum Gasteiger partial charge on any atom is 0.371 e. The van der Waals surface area contributed by atoms with Gasteiger partial charge in [0.15, 0.2) is 0 Å². The van der Waals surface area contributed by atoms with Gasteiger partial charge in [0.25, 0.3) is 0 Å². The Hall–Kier alpha value is -2.41. The SMILES string of the molecule is Cc1cc(C)cc(NC(=O)CS(=O)Cc2ccc(C(=O)O)o2)c1. The summed E-state index contributed by atoms with van der Waals surface area (Å²) in [7, 11) is -1.48. The topological polar surface area (TPSA) is 96.6 Å². The molecular weight excluding hydrogens is 318 g/mol. The fraction of sp³-hybridized carbons (Fsp3) is 0.250. The number of furan rings is 1. The largest absolute Gasteiger partial charge is 0.475 e. The van der Waals surface area contributed by atoms with E-state index in [1.165, 1.54) is 12.1 Å². The second-order valence-electron chi connectivity index (χ2n) is 5.22.